The van der Waals surface area contributed by atoms with Gasteiger partial charge in [-0.1, -0.05) is 0 Å². The fraction of sp³-hybridized carbons (Fsp3) is 0.364. The molecule has 0 saturated heterocycles. The van der Waals surface area contributed by atoms with Crippen molar-refractivity contribution in [2.45, 2.75) is 13.0 Å². The van der Waals surface area contributed by atoms with E-state index in [0.29, 0.717) is 11.8 Å². The van der Waals surface area contributed by atoms with Crippen LogP contribution < -0.4 is 10.6 Å². The standard InChI is InChI=1S/C11H14N4O2S/c1-6(10(16)17-3)13-8-7-4-5-18-9(7)15-11(12-2)14-8/h4-6H,1-3H3,(H2,12,13,14,15). The Morgan fingerprint density at radius 2 is 2.28 bits per heavy atom. The minimum absolute atomic E-state index is 0.331. The van der Waals surface area contributed by atoms with Gasteiger partial charge >= 0.3 is 5.97 Å². The number of carbonyl (C=O) groups is 1. The van der Waals surface area contributed by atoms with E-state index in [1.54, 1.807) is 14.0 Å². The zero-order valence-electron chi connectivity index (χ0n) is 10.4. The molecule has 0 bridgehead atoms. The van der Waals surface area contributed by atoms with Crippen LogP contribution in [0.1, 0.15) is 6.92 Å². The van der Waals surface area contributed by atoms with E-state index in [9.17, 15) is 4.79 Å². The maximum atomic E-state index is 11.4. The molecule has 1 unspecified atom stereocenters. The van der Waals surface area contributed by atoms with Crippen molar-refractivity contribution in [3.63, 3.8) is 0 Å². The highest BCUT2D eigenvalue weighted by molar-refractivity contribution is 7.16. The number of hydrogen-bond donors (Lipinski definition) is 2. The molecule has 0 fully saturated rings. The highest BCUT2D eigenvalue weighted by Crippen LogP contribution is 2.26. The molecule has 0 aliphatic heterocycles. The van der Waals surface area contributed by atoms with Crippen molar-refractivity contribution in [2.24, 2.45) is 0 Å². The van der Waals surface area contributed by atoms with Crippen molar-refractivity contribution in [2.75, 3.05) is 24.8 Å². The number of esters is 1. The number of ether oxygens (including phenoxy) is 1. The van der Waals surface area contributed by atoms with Crippen LogP contribution >= 0.6 is 11.3 Å². The smallest absolute Gasteiger partial charge is 0.328 e. The van der Waals surface area contributed by atoms with Gasteiger partial charge in [0.1, 0.15) is 16.7 Å². The Hall–Kier alpha value is -1.89. The maximum Gasteiger partial charge on any atom is 0.328 e. The molecule has 2 aromatic rings. The molecular weight excluding hydrogens is 252 g/mol. The third kappa shape index (κ3) is 2.35. The number of thiophene rings is 1. The van der Waals surface area contributed by atoms with Gasteiger partial charge in [0.25, 0.3) is 0 Å². The second-order valence-corrected chi connectivity index (χ2v) is 4.57. The topological polar surface area (TPSA) is 76.1 Å². The summed E-state index contributed by atoms with van der Waals surface area (Å²) in [6.45, 7) is 1.73. The monoisotopic (exact) mass is 266 g/mol. The van der Waals surface area contributed by atoms with Crippen molar-refractivity contribution in [3.05, 3.63) is 11.4 Å². The Bertz CT molecular complexity index is 569. The Labute approximate surface area is 108 Å². The molecule has 0 radical (unpaired) electrons. The number of nitrogens with one attached hydrogen (secondary N) is 2. The van der Waals surface area contributed by atoms with Gasteiger partial charge in [0.05, 0.1) is 12.5 Å². The summed E-state index contributed by atoms with van der Waals surface area (Å²) in [6, 6.07) is 1.46. The number of aromatic nitrogens is 2. The van der Waals surface area contributed by atoms with Gasteiger partial charge in [-0.15, -0.1) is 11.3 Å². The molecule has 0 aliphatic rings. The van der Waals surface area contributed by atoms with Gasteiger partial charge in [-0.25, -0.2) is 9.78 Å². The van der Waals surface area contributed by atoms with Crippen LogP contribution in [-0.2, 0) is 9.53 Å². The molecule has 2 rings (SSSR count). The summed E-state index contributed by atoms with van der Waals surface area (Å²) < 4.78 is 4.68. The van der Waals surface area contributed by atoms with Crippen LogP contribution in [0.4, 0.5) is 11.8 Å². The van der Waals surface area contributed by atoms with E-state index >= 15 is 0 Å². The van der Waals surface area contributed by atoms with Gasteiger partial charge in [0, 0.05) is 7.05 Å². The quantitative estimate of drug-likeness (QED) is 0.820. The van der Waals surface area contributed by atoms with Gasteiger partial charge in [-0.3, -0.25) is 0 Å². The first-order valence-corrected chi connectivity index (χ1v) is 6.31. The molecule has 0 amide bonds. The van der Waals surface area contributed by atoms with Gasteiger partial charge < -0.3 is 15.4 Å². The van der Waals surface area contributed by atoms with Crippen molar-refractivity contribution in [1.29, 1.82) is 0 Å². The fourth-order valence-corrected chi connectivity index (χ4v) is 2.28. The number of methoxy groups -OCH3 is 1. The normalized spacial score (nSPS) is 12.2. The lowest BCUT2D eigenvalue weighted by molar-refractivity contribution is -0.141. The van der Waals surface area contributed by atoms with E-state index in [2.05, 4.69) is 25.3 Å². The van der Waals surface area contributed by atoms with Crippen molar-refractivity contribution in [3.8, 4) is 0 Å². The summed E-state index contributed by atoms with van der Waals surface area (Å²) in [7, 11) is 3.11. The first-order chi connectivity index (χ1) is 8.65. The first-order valence-electron chi connectivity index (χ1n) is 5.43. The molecular formula is C11H14N4O2S. The van der Waals surface area contributed by atoms with E-state index in [1.807, 2.05) is 11.4 Å². The van der Waals surface area contributed by atoms with E-state index < -0.39 is 6.04 Å². The molecule has 2 N–H and O–H groups in total. The Morgan fingerprint density at radius 1 is 1.50 bits per heavy atom. The van der Waals surface area contributed by atoms with E-state index in [-0.39, 0.29) is 5.97 Å². The molecule has 0 aliphatic carbocycles. The molecule has 18 heavy (non-hydrogen) atoms. The molecule has 96 valence electrons. The number of rotatable bonds is 4. The minimum Gasteiger partial charge on any atom is -0.467 e. The van der Waals surface area contributed by atoms with Gasteiger partial charge in [-0.2, -0.15) is 4.98 Å². The molecule has 1 atom stereocenters. The Morgan fingerprint density at radius 3 is 2.94 bits per heavy atom. The number of carbonyl (C=O) groups excluding carboxylic acids is 1. The number of fused-ring (bicyclic) bond motifs is 1. The van der Waals surface area contributed by atoms with E-state index in [4.69, 9.17) is 0 Å². The lowest BCUT2D eigenvalue weighted by atomic mass is 10.3. The summed E-state index contributed by atoms with van der Waals surface area (Å²) in [5, 5.41) is 8.77. The maximum absolute atomic E-state index is 11.4. The lowest BCUT2D eigenvalue weighted by Gasteiger charge is -2.13. The third-order valence-electron chi connectivity index (χ3n) is 2.46. The van der Waals surface area contributed by atoms with Gasteiger partial charge in [0.15, 0.2) is 0 Å². The van der Waals surface area contributed by atoms with Gasteiger partial charge in [-0.05, 0) is 18.4 Å². The lowest BCUT2D eigenvalue weighted by Crippen LogP contribution is -2.27. The molecule has 2 heterocycles. The van der Waals surface area contributed by atoms with Gasteiger partial charge in [0.2, 0.25) is 5.95 Å². The van der Waals surface area contributed by atoms with Crippen LogP contribution in [0.15, 0.2) is 11.4 Å². The summed E-state index contributed by atoms with van der Waals surface area (Å²) in [4.78, 5) is 20.9. The zero-order chi connectivity index (χ0) is 13.1. The molecule has 6 nitrogen and oxygen atoms in total. The Kier molecular flexibility index (Phi) is 3.61. The van der Waals surface area contributed by atoms with Crippen LogP contribution in [-0.4, -0.2) is 36.1 Å². The molecule has 0 aromatic carbocycles. The van der Waals surface area contributed by atoms with Crippen molar-refractivity contribution >= 4 is 39.3 Å². The number of anilines is 2. The fourth-order valence-electron chi connectivity index (χ4n) is 1.52. The highest BCUT2D eigenvalue weighted by Gasteiger charge is 2.16. The third-order valence-corrected chi connectivity index (χ3v) is 3.26. The van der Waals surface area contributed by atoms with Crippen LogP contribution in [0.5, 0.6) is 0 Å². The number of hydrogen-bond acceptors (Lipinski definition) is 7. The SMILES string of the molecule is CNc1nc(NC(C)C(=O)OC)c2ccsc2n1. The summed E-state index contributed by atoms with van der Waals surface area (Å²) in [6.07, 6.45) is 0. The van der Waals surface area contributed by atoms with Crippen molar-refractivity contribution < 1.29 is 9.53 Å². The average Bonchev–Trinajstić information content (AvgIpc) is 2.85. The van der Waals surface area contributed by atoms with Crippen LogP contribution in [0.2, 0.25) is 0 Å². The van der Waals surface area contributed by atoms with Crippen molar-refractivity contribution in [1.82, 2.24) is 9.97 Å². The predicted molar refractivity (Wildman–Crippen MR) is 72.1 cm³/mol. The highest BCUT2D eigenvalue weighted by atomic mass is 32.1. The van der Waals surface area contributed by atoms with E-state index in [0.717, 1.165) is 10.2 Å². The predicted octanol–water partition coefficient (Wildman–Crippen LogP) is 1.71. The summed E-state index contributed by atoms with van der Waals surface area (Å²) in [5.41, 5.74) is 0. The average molecular weight is 266 g/mol. The van der Waals surface area contributed by atoms with Crippen LogP contribution in [0, 0.1) is 0 Å². The second-order valence-electron chi connectivity index (χ2n) is 3.67. The first kappa shape index (κ1) is 12.6. The van der Waals surface area contributed by atoms with E-state index in [1.165, 1.54) is 18.4 Å². The Balaban J connectivity index is 2.36. The molecule has 0 spiro atoms. The summed E-state index contributed by atoms with van der Waals surface area (Å²) in [5.74, 6) is 0.816. The molecule has 7 heteroatoms. The molecule has 0 saturated carbocycles. The largest absolute Gasteiger partial charge is 0.467 e. The number of nitrogens with zero attached hydrogens (tertiary/aromatic N) is 2. The molecule has 2 aromatic heterocycles. The van der Waals surface area contributed by atoms with Crippen LogP contribution in [0.3, 0.4) is 0 Å². The minimum atomic E-state index is -0.460. The van der Waals surface area contributed by atoms with Crippen LogP contribution in [0.25, 0.3) is 10.2 Å². The second kappa shape index (κ2) is 5.18. The summed E-state index contributed by atoms with van der Waals surface area (Å²) >= 11 is 1.52. The zero-order valence-corrected chi connectivity index (χ0v) is 11.2.